The maximum atomic E-state index is 9.32. The second-order valence-electron chi connectivity index (χ2n) is 7.87. The monoisotopic (exact) mass is 552 g/mol. The van der Waals surface area contributed by atoms with Gasteiger partial charge in [0.1, 0.15) is 5.75 Å². The van der Waals surface area contributed by atoms with Crippen LogP contribution in [0.15, 0.2) is 53.5 Å². The molecule has 0 aliphatic carbocycles. The summed E-state index contributed by atoms with van der Waals surface area (Å²) in [4.78, 5) is 7.15. The molecule has 0 spiro atoms. The molecule has 3 rings (SSSR count). The first-order valence-electron chi connectivity index (χ1n) is 11.4. The molecule has 176 valence electrons. The highest BCUT2D eigenvalue weighted by molar-refractivity contribution is 14.0. The van der Waals surface area contributed by atoms with E-state index in [0.717, 1.165) is 49.7 Å². The number of aliphatic imine (C=N–C) groups is 1. The Morgan fingerprint density at radius 2 is 1.78 bits per heavy atom. The van der Waals surface area contributed by atoms with Gasteiger partial charge in [-0.3, -0.25) is 0 Å². The third kappa shape index (κ3) is 7.85. The van der Waals surface area contributed by atoms with Gasteiger partial charge in [0.05, 0.1) is 13.2 Å². The lowest BCUT2D eigenvalue weighted by Crippen LogP contribution is -2.36. The van der Waals surface area contributed by atoms with Crippen molar-refractivity contribution >= 4 is 35.6 Å². The molecular formula is C25H37IN4O2. The van der Waals surface area contributed by atoms with Crippen LogP contribution in [0.4, 0.5) is 5.69 Å². The van der Waals surface area contributed by atoms with Crippen LogP contribution < -0.4 is 20.3 Å². The van der Waals surface area contributed by atoms with E-state index in [4.69, 9.17) is 9.73 Å². The van der Waals surface area contributed by atoms with E-state index in [1.165, 1.54) is 11.3 Å². The van der Waals surface area contributed by atoms with Crippen LogP contribution in [0.3, 0.4) is 0 Å². The summed E-state index contributed by atoms with van der Waals surface area (Å²) in [5, 5.41) is 16.0. The first kappa shape index (κ1) is 26.3. The number of guanidine groups is 1. The van der Waals surface area contributed by atoms with Crippen LogP contribution in [0, 0.1) is 5.92 Å². The number of hydrogen-bond donors (Lipinski definition) is 3. The molecule has 1 heterocycles. The second-order valence-corrected chi connectivity index (χ2v) is 7.87. The molecule has 0 unspecified atom stereocenters. The van der Waals surface area contributed by atoms with Gasteiger partial charge >= 0.3 is 0 Å². The Bertz CT molecular complexity index is 821. The van der Waals surface area contributed by atoms with E-state index >= 15 is 0 Å². The Morgan fingerprint density at radius 1 is 1.06 bits per heavy atom. The summed E-state index contributed by atoms with van der Waals surface area (Å²) in [5.74, 6) is 2.17. The Morgan fingerprint density at radius 3 is 2.44 bits per heavy atom. The van der Waals surface area contributed by atoms with Crippen LogP contribution in [-0.2, 0) is 13.1 Å². The number of anilines is 1. The average molecular weight is 553 g/mol. The topological polar surface area (TPSA) is 69.1 Å². The van der Waals surface area contributed by atoms with E-state index in [-0.39, 0.29) is 24.0 Å². The van der Waals surface area contributed by atoms with E-state index in [1.807, 2.05) is 25.1 Å². The number of aliphatic hydroxyl groups excluding tert-OH is 1. The molecule has 3 N–H and O–H groups in total. The third-order valence-electron chi connectivity index (χ3n) is 5.66. The molecule has 2 aromatic carbocycles. The van der Waals surface area contributed by atoms with E-state index in [1.54, 1.807) is 0 Å². The van der Waals surface area contributed by atoms with Crippen LogP contribution in [0.1, 0.15) is 37.8 Å². The van der Waals surface area contributed by atoms with Gasteiger partial charge in [-0.15, -0.1) is 24.0 Å². The number of benzene rings is 2. The van der Waals surface area contributed by atoms with E-state index in [2.05, 4.69) is 52.8 Å². The molecule has 1 saturated heterocycles. The highest BCUT2D eigenvalue weighted by Gasteiger charge is 2.18. The highest BCUT2D eigenvalue weighted by atomic mass is 127. The highest BCUT2D eigenvalue weighted by Crippen LogP contribution is 2.23. The molecule has 6 nitrogen and oxygen atoms in total. The van der Waals surface area contributed by atoms with Gasteiger partial charge < -0.3 is 25.4 Å². The van der Waals surface area contributed by atoms with Crippen molar-refractivity contribution in [3.05, 3.63) is 59.7 Å². The minimum atomic E-state index is 0. The molecule has 0 atom stereocenters. The Labute approximate surface area is 209 Å². The quantitative estimate of drug-likeness (QED) is 0.248. The summed E-state index contributed by atoms with van der Waals surface area (Å²) in [6.45, 7) is 9.14. The number of piperidine rings is 1. The average Bonchev–Trinajstić information content (AvgIpc) is 2.82. The number of hydrogen-bond acceptors (Lipinski definition) is 4. The molecule has 32 heavy (non-hydrogen) atoms. The molecule has 0 bridgehead atoms. The van der Waals surface area contributed by atoms with Gasteiger partial charge in [-0.1, -0.05) is 30.3 Å². The van der Waals surface area contributed by atoms with Crippen LogP contribution in [0.25, 0.3) is 0 Å². The molecular weight excluding hydrogens is 515 g/mol. The van der Waals surface area contributed by atoms with Crippen molar-refractivity contribution in [3.63, 3.8) is 0 Å². The summed E-state index contributed by atoms with van der Waals surface area (Å²) in [7, 11) is 0. The Balaban J connectivity index is 0.00000363. The lowest BCUT2D eigenvalue weighted by atomic mass is 9.97. The Hall–Kier alpha value is -2.00. The van der Waals surface area contributed by atoms with Crippen LogP contribution in [-0.4, -0.2) is 43.9 Å². The van der Waals surface area contributed by atoms with Crippen molar-refractivity contribution in [1.29, 1.82) is 0 Å². The van der Waals surface area contributed by atoms with Crippen molar-refractivity contribution < 1.29 is 9.84 Å². The number of ether oxygens (including phenoxy) is 1. The lowest BCUT2D eigenvalue weighted by Gasteiger charge is -2.32. The third-order valence-corrected chi connectivity index (χ3v) is 5.66. The summed E-state index contributed by atoms with van der Waals surface area (Å²) in [5.41, 5.74) is 3.55. The first-order valence-corrected chi connectivity index (χ1v) is 11.4. The molecule has 1 aliphatic rings. The number of nitrogens with zero attached hydrogens (tertiary/aromatic N) is 2. The fraction of sp³-hybridized carbons (Fsp3) is 0.480. The van der Waals surface area contributed by atoms with Crippen molar-refractivity contribution in [2.24, 2.45) is 10.9 Å². The van der Waals surface area contributed by atoms with Gasteiger partial charge in [-0.05, 0) is 56.4 Å². The summed E-state index contributed by atoms with van der Waals surface area (Å²) >= 11 is 0. The van der Waals surface area contributed by atoms with Gasteiger partial charge in [0, 0.05) is 44.0 Å². The largest absolute Gasteiger partial charge is 0.494 e. The van der Waals surface area contributed by atoms with Crippen molar-refractivity contribution in [1.82, 2.24) is 10.6 Å². The van der Waals surface area contributed by atoms with Crippen molar-refractivity contribution in [2.75, 3.05) is 37.7 Å². The van der Waals surface area contributed by atoms with Gasteiger partial charge in [-0.2, -0.15) is 0 Å². The molecule has 2 aromatic rings. The number of rotatable bonds is 9. The second kappa shape index (κ2) is 14.2. The molecule has 7 heteroatoms. The minimum Gasteiger partial charge on any atom is -0.494 e. The molecule has 0 saturated carbocycles. The summed E-state index contributed by atoms with van der Waals surface area (Å²) in [6.07, 6.45) is 2.12. The standard InChI is InChI=1S/C25H36N4O2.HI/c1-3-26-25(28-18-22-7-5-6-8-24(22)31-4-2)27-17-20-9-11-23(12-10-20)29-15-13-21(19-30)14-16-29;/h5-12,21,30H,3-4,13-19H2,1-2H3,(H2,26,27,28);1H. The lowest BCUT2D eigenvalue weighted by molar-refractivity contribution is 0.203. The molecule has 0 radical (unpaired) electrons. The smallest absolute Gasteiger partial charge is 0.191 e. The Kier molecular flexibility index (Phi) is 11.7. The maximum absolute atomic E-state index is 9.32. The van der Waals surface area contributed by atoms with Crippen molar-refractivity contribution in [3.8, 4) is 5.75 Å². The fourth-order valence-corrected chi connectivity index (χ4v) is 3.82. The zero-order valence-corrected chi connectivity index (χ0v) is 21.5. The van der Waals surface area contributed by atoms with Crippen molar-refractivity contribution in [2.45, 2.75) is 39.8 Å². The molecule has 1 fully saturated rings. The number of aliphatic hydroxyl groups is 1. The molecule has 0 aromatic heterocycles. The zero-order valence-electron chi connectivity index (χ0n) is 19.2. The SMILES string of the molecule is CCNC(=NCc1ccc(N2CCC(CO)CC2)cc1)NCc1ccccc1OCC.I. The predicted molar refractivity (Wildman–Crippen MR) is 143 cm³/mol. The number of nitrogens with one attached hydrogen (secondary N) is 2. The van der Waals surface area contributed by atoms with E-state index in [0.29, 0.717) is 32.2 Å². The van der Waals surface area contributed by atoms with Crippen LogP contribution >= 0.6 is 24.0 Å². The molecule has 0 amide bonds. The summed E-state index contributed by atoms with van der Waals surface area (Å²) in [6, 6.07) is 16.8. The number of para-hydroxylation sites is 1. The minimum absolute atomic E-state index is 0. The fourth-order valence-electron chi connectivity index (χ4n) is 3.82. The summed E-state index contributed by atoms with van der Waals surface area (Å²) < 4.78 is 5.72. The van der Waals surface area contributed by atoms with E-state index < -0.39 is 0 Å². The zero-order chi connectivity index (χ0) is 21.9. The van der Waals surface area contributed by atoms with Gasteiger partial charge in [-0.25, -0.2) is 4.99 Å². The first-order chi connectivity index (χ1) is 15.2. The van der Waals surface area contributed by atoms with Gasteiger partial charge in [0.25, 0.3) is 0 Å². The van der Waals surface area contributed by atoms with Gasteiger partial charge in [0.15, 0.2) is 5.96 Å². The van der Waals surface area contributed by atoms with E-state index in [9.17, 15) is 5.11 Å². The number of halogens is 1. The molecule has 1 aliphatic heterocycles. The normalized spacial score (nSPS) is 14.6. The van der Waals surface area contributed by atoms with Crippen LogP contribution in [0.2, 0.25) is 0 Å². The predicted octanol–water partition coefficient (Wildman–Crippen LogP) is 4.17. The maximum Gasteiger partial charge on any atom is 0.191 e. The van der Waals surface area contributed by atoms with Gasteiger partial charge in [0.2, 0.25) is 0 Å². The van der Waals surface area contributed by atoms with Crippen LogP contribution in [0.5, 0.6) is 5.75 Å².